The Kier molecular flexibility index (Phi) is 37.9. The summed E-state index contributed by atoms with van der Waals surface area (Å²) in [7, 11) is 0. The number of hydrogen-bond acceptors (Lipinski definition) is 4. The van der Waals surface area contributed by atoms with Gasteiger partial charge in [0.15, 0.2) is 0 Å². The second kappa shape index (κ2) is 39.2. The van der Waals surface area contributed by atoms with Gasteiger partial charge in [-0.15, -0.1) is 0 Å². The van der Waals surface area contributed by atoms with Crippen molar-refractivity contribution in [3.8, 4) is 0 Å². The van der Waals surface area contributed by atoms with Gasteiger partial charge in [-0.1, -0.05) is 194 Å². The van der Waals surface area contributed by atoms with Crippen molar-refractivity contribution in [3.63, 3.8) is 0 Å². The molecule has 1 unspecified atom stereocenters. The summed E-state index contributed by atoms with van der Waals surface area (Å²) in [6.07, 6.45) is 43.9. The first kappa shape index (κ1) is 47.4. The van der Waals surface area contributed by atoms with E-state index in [1.807, 2.05) is 0 Å². The Morgan fingerprint density at radius 2 is 0.755 bits per heavy atom. The number of amides is 1. The predicted octanol–water partition coefficient (Wildman–Crippen LogP) is 13.2. The maximum absolute atomic E-state index is 12.7. The van der Waals surface area contributed by atoms with Crippen molar-refractivity contribution in [1.82, 2.24) is 5.32 Å². The van der Waals surface area contributed by atoms with E-state index in [1.54, 1.807) is 0 Å². The number of carboxylic acids is 1. The monoisotopic (exact) mass is 694 g/mol. The van der Waals surface area contributed by atoms with Crippen LogP contribution in [0.15, 0.2) is 0 Å². The van der Waals surface area contributed by atoms with Gasteiger partial charge in [0.05, 0.1) is 0 Å². The van der Waals surface area contributed by atoms with Crippen LogP contribution in [0.25, 0.3) is 0 Å². The minimum absolute atomic E-state index is 0.0128. The van der Waals surface area contributed by atoms with Crippen LogP contribution in [0, 0.1) is 0 Å². The van der Waals surface area contributed by atoms with E-state index in [-0.39, 0.29) is 24.5 Å². The first-order valence-corrected chi connectivity index (χ1v) is 21.7. The van der Waals surface area contributed by atoms with Crippen LogP contribution in [0.2, 0.25) is 0 Å². The van der Waals surface area contributed by atoms with E-state index in [0.29, 0.717) is 12.8 Å². The maximum atomic E-state index is 12.7. The molecule has 0 aliphatic rings. The molecule has 0 spiro atoms. The average Bonchev–Trinajstić information content (AvgIpc) is 3.08. The fraction of sp³-hybridized carbons (Fsp3) is 0.930. The summed E-state index contributed by atoms with van der Waals surface area (Å²) in [4.78, 5) is 34.9. The highest BCUT2D eigenvalue weighted by Crippen LogP contribution is 2.19. The van der Waals surface area contributed by atoms with Gasteiger partial charge in [0.25, 0.3) is 0 Å². The van der Waals surface area contributed by atoms with Gasteiger partial charge >= 0.3 is 11.9 Å². The molecule has 2 N–H and O–H groups in total. The molecule has 49 heavy (non-hydrogen) atoms. The zero-order chi connectivity index (χ0) is 35.9. The Hall–Kier alpha value is -1.59. The highest BCUT2D eigenvalue weighted by atomic mass is 16.5. The molecular formula is C43H83NO5. The summed E-state index contributed by atoms with van der Waals surface area (Å²) < 4.78 is 5.99. The van der Waals surface area contributed by atoms with E-state index in [1.165, 1.54) is 154 Å². The fourth-order valence-electron chi connectivity index (χ4n) is 6.81. The predicted molar refractivity (Wildman–Crippen MR) is 208 cm³/mol. The standard InChI is InChI=1S/C43H83NO5/c1-3-5-7-9-11-12-13-14-15-16-17-18-19-20-21-22-23-24-25-30-34-38-43(48)49-40(35-31-27-10-8-6-4-2)36-32-28-26-29-33-37-41(45)44-39-42(46)47/h40H,3-39H2,1-2H3,(H,44,45)(H,46,47). The van der Waals surface area contributed by atoms with Crippen LogP contribution in [0.4, 0.5) is 0 Å². The SMILES string of the molecule is CCCCCCCCCCCCCCCCCCCCCCCC(=O)OC(CCCCCCCC)CCCCCCCC(=O)NCC(=O)O. The first-order valence-electron chi connectivity index (χ1n) is 21.7. The van der Waals surface area contributed by atoms with Crippen molar-refractivity contribution in [3.05, 3.63) is 0 Å². The quantitative estimate of drug-likeness (QED) is 0.0492. The molecule has 1 amide bonds. The van der Waals surface area contributed by atoms with Gasteiger partial charge in [0, 0.05) is 12.8 Å². The molecule has 1 atom stereocenters. The van der Waals surface area contributed by atoms with Crippen molar-refractivity contribution in [2.45, 2.75) is 251 Å². The number of rotatable bonds is 40. The molecule has 0 aromatic carbocycles. The van der Waals surface area contributed by atoms with Crippen molar-refractivity contribution in [2.75, 3.05) is 6.54 Å². The molecule has 0 aliphatic heterocycles. The molecule has 0 aromatic rings. The van der Waals surface area contributed by atoms with E-state index >= 15 is 0 Å². The van der Waals surface area contributed by atoms with E-state index < -0.39 is 5.97 Å². The van der Waals surface area contributed by atoms with Crippen LogP contribution in [-0.2, 0) is 19.1 Å². The normalized spacial score (nSPS) is 11.9. The topological polar surface area (TPSA) is 92.7 Å². The van der Waals surface area contributed by atoms with Crippen LogP contribution in [0.5, 0.6) is 0 Å². The van der Waals surface area contributed by atoms with Gasteiger partial charge in [-0.3, -0.25) is 14.4 Å². The Morgan fingerprint density at radius 3 is 1.10 bits per heavy atom. The van der Waals surface area contributed by atoms with Crippen molar-refractivity contribution in [2.24, 2.45) is 0 Å². The number of unbranched alkanes of at least 4 members (excludes halogenated alkanes) is 29. The summed E-state index contributed by atoms with van der Waals surface area (Å²) in [5, 5.41) is 11.1. The molecule has 0 rings (SSSR count). The number of carbonyl (C=O) groups is 3. The minimum atomic E-state index is -1.01. The Morgan fingerprint density at radius 1 is 0.449 bits per heavy atom. The Balaban J connectivity index is 3.81. The van der Waals surface area contributed by atoms with E-state index in [0.717, 1.165) is 64.2 Å². The summed E-state index contributed by atoms with van der Waals surface area (Å²) in [5.74, 6) is -1.22. The van der Waals surface area contributed by atoms with Gasteiger partial charge in [-0.2, -0.15) is 0 Å². The highest BCUT2D eigenvalue weighted by Gasteiger charge is 2.14. The molecule has 290 valence electrons. The second-order valence-electron chi connectivity index (χ2n) is 15.0. The van der Waals surface area contributed by atoms with Gasteiger partial charge < -0.3 is 15.2 Å². The number of carboxylic acid groups (broad SMARTS) is 1. The van der Waals surface area contributed by atoms with Crippen LogP contribution in [-0.4, -0.2) is 35.6 Å². The molecule has 0 fully saturated rings. The molecule has 6 nitrogen and oxygen atoms in total. The number of carbonyl (C=O) groups excluding carboxylic acids is 2. The highest BCUT2D eigenvalue weighted by molar-refractivity contribution is 5.80. The lowest BCUT2D eigenvalue weighted by atomic mass is 10.0. The maximum Gasteiger partial charge on any atom is 0.322 e. The van der Waals surface area contributed by atoms with E-state index in [4.69, 9.17) is 9.84 Å². The second-order valence-corrected chi connectivity index (χ2v) is 15.0. The lowest BCUT2D eigenvalue weighted by molar-refractivity contribution is -0.150. The van der Waals surface area contributed by atoms with Gasteiger partial charge in [0.2, 0.25) is 5.91 Å². The lowest BCUT2D eigenvalue weighted by Crippen LogP contribution is -2.28. The third kappa shape index (κ3) is 39.1. The molecule has 6 heteroatoms. The summed E-state index contributed by atoms with van der Waals surface area (Å²) >= 11 is 0. The zero-order valence-electron chi connectivity index (χ0n) is 32.8. The van der Waals surface area contributed by atoms with E-state index in [9.17, 15) is 14.4 Å². The molecular weight excluding hydrogens is 610 g/mol. The number of esters is 1. The van der Waals surface area contributed by atoms with Crippen molar-refractivity contribution in [1.29, 1.82) is 0 Å². The molecule has 0 bridgehead atoms. The Labute approximate surface area is 304 Å². The van der Waals surface area contributed by atoms with Crippen LogP contribution in [0.1, 0.15) is 245 Å². The summed E-state index contributed by atoms with van der Waals surface area (Å²) in [6.45, 7) is 4.22. The average molecular weight is 694 g/mol. The molecule has 0 aliphatic carbocycles. The lowest BCUT2D eigenvalue weighted by Gasteiger charge is -2.18. The van der Waals surface area contributed by atoms with Gasteiger partial charge in [-0.05, 0) is 38.5 Å². The Bertz CT molecular complexity index is 727. The van der Waals surface area contributed by atoms with Crippen LogP contribution in [0.3, 0.4) is 0 Å². The number of nitrogens with one attached hydrogen (secondary N) is 1. The van der Waals surface area contributed by atoms with Crippen LogP contribution >= 0.6 is 0 Å². The smallest absolute Gasteiger partial charge is 0.322 e. The molecule has 0 saturated heterocycles. The van der Waals surface area contributed by atoms with Gasteiger partial charge in [-0.25, -0.2) is 0 Å². The largest absolute Gasteiger partial charge is 0.480 e. The van der Waals surface area contributed by atoms with E-state index in [2.05, 4.69) is 19.2 Å². The summed E-state index contributed by atoms with van der Waals surface area (Å²) in [6, 6.07) is 0. The van der Waals surface area contributed by atoms with Crippen molar-refractivity contribution < 1.29 is 24.2 Å². The van der Waals surface area contributed by atoms with Crippen molar-refractivity contribution >= 4 is 17.8 Å². The van der Waals surface area contributed by atoms with Gasteiger partial charge in [0.1, 0.15) is 12.6 Å². The third-order valence-corrected chi connectivity index (χ3v) is 10.0. The number of aliphatic carboxylic acids is 1. The third-order valence-electron chi connectivity index (χ3n) is 10.0. The molecule has 0 saturated carbocycles. The summed E-state index contributed by atoms with van der Waals surface area (Å²) in [5.41, 5.74) is 0. The van der Waals surface area contributed by atoms with Crippen LogP contribution < -0.4 is 5.32 Å². The zero-order valence-corrected chi connectivity index (χ0v) is 32.8. The first-order chi connectivity index (χ1) is 24.0. The minimum Gasteiger partial charge on any atom is -0.480 e. The molecule has 0 aromatic heterocycles. The number of ether oxygens (including phenoxy) is 1. The number of hydrogen-bond donors (Lipinski definition) is 2. The fourth-order valence-corrected chi connectivity index (χ4v) is 6.81. The molecule has 0 radical (unpaired) electrons. The molecule has 0 heterocycles.